The van der Waals surface area contributed by atoms with Gasteiger partial charge in [0.2, 0.25) is 0 Å². The Balaban J connectivity index is 2.00. The van der Waals surface area contributed by atoms with Gasteiger partial charge in [-0.25, -0.2) is 4.39 Å². The van der Waals surface area contributed by atoms with Crippen molar-refractivity contribution in [2.75, 3.05) is 26.2 Å². The molecule has 20 heavy (non-hydrogen) atoms. The van der Waals surface area contributed by atoms with E-state index < -0.39 is 0 Å². The summed E-state index contributed by atoms with van der Waals surface area (Å²) in [5, 5.41) is 7.66. The van der Waals surface area contributed by atoms with Crippen LogP contribution in [0.3, 0.4) is 0 Å². The Morgan fingerprint density at radius 2 is 2.05 bits per heavy atom. The van der Waals surface area contributed by atoms with E-state index in [-0.39, 0.29) is 11.9 Å². The smallest absolute Gasteiger partial charge is 0.124 e. The summed E-state index contributed by atoms with van der Waals surface area (Å²) in [6.07, 6.45) is 0. The molecule has 0 saturated carbocycles. The first kappa shape index (κ1) is 14.2. The van der Waals surface area contributed by atoms with Crippen molar-refractivity contribution in [3.8, 4) is 0 Å². The molecule has 1 aliphatic rings. The maximum atomic E-state index is 13.3. The molecule has 3 rings (SSSR count). The minimum absolute atomic E-state index is 0.193. The maximum Gasteiger partial charge on any atom is 0.124 e. The predicted molar refractivity (Wildman–Crippen MR) is 84.7 cm³/mol. The Hall–Kier alpha value is -0.750. The molecule has 0 bridgehead atoms. The zero-order chi connectivity index (χ0) is 13.9. The Bertz CT molecular complexity index is 567. The molecule has 0 unspecified atom stereocenters. The van der Waals surface area contributed by atoms with Gasteiger partial charge in [-0.05, 0) is 40.1 Å². The van der Waals surface area contributed by atoms with E-state index in [0.717, 1.165) is 36.2 Å². The molecule has 0 spiro atoms. The van der Waals surface area contributed by atoms with Crippen molar-refractivity contribution >= 4 is 27.3 Å². The lowest BCUT2D eigenvalue weighted by Gasteiger charge is -2.35. The topological polar surface area (TPSA) is 15.3 Å². The average molecular weight is 355 g/mol. The van der Waals surface area contributed by atoms with Crippen molar-refractivity contribution in [1.82, 2.24) is 10.2 Å². The molecule has 2 aromatic rings. The zero-order valence-electron chi connectivity index (χ0n) is 11.0. The molecule has 2 heterocycles. The lowest BCUT2D eigenvalue weighted by Crippen LogP contribution is -2.45. The van der Waals surface area contributed by atoms with Crippen LogP contribution >= 0.6 is 27.3 Å². The summed E-state index contributed by atoms with van der Waals surface area (Å²) < 4.78 is 14.2. The highest BCUT2D eigenvalue weighted by atomic mass is 79.9. The first-order valence-corrected chi connectivity index (χ1v) is 8.41. The van der Waals surface area contributed by atoms with Crippen LogP contribution in [0, 0.1) is 5.82 Å². The maximum absolute atomic E-state index is 13.3. The minimum atomic E-state index is -0.204. The summed E-state index contributed by atoms with van der Waals surface area (Å²) in [7, 11) is 0. The van der Waals surface area contributed by atoms with Crippen molar-refractivity contribution in [2.45, 2.75) is 6.04 Å². The van der Waals surface area contributed by atoms with Gasteiger partial charge in [-0.3, -0.25) is 4.90 Å². The number of halogens is 2. The molecule has 1 atom stereocenters. The van der Waals surface area contributed by atoms with E-state index in [1.54, 1.807) is 23.5 Å². The third kappa shape index (κ3) is 2.96. The predicted octanol–water partition coefficient (Wildman–Crippen LogP) is 3.64. The third-order valence-electron chi connectivity index (χ3n) is 3.63. The number of nitrogens with one attached hydrogen (secondary N) is 1. The van der Waals surface area contributed by atoms with Gasteiger partial charge in [0.25, 0.3) is 0 Å². The monoisotopic (exact) mass is 354 g/mol. The number of rotatable bonds is 3. The number of hydrogen-bond acceptors (Lipinski definition) is 3. The Kier molecular flexibility index (Phi) is 4.51. The van der Waals surface area contributed by atoms with Crippen LogP contribution in [0.25, 0.3) is 0 Å². The minimum Gasteiger partial charge on any atom is -0.314 e. The summed E-state index contributed by atoms with van der Waals surface area (Å²) in [6, 6.07) is 7.34. The lowest BCUT2D eigenvalue weighted by molar-refractivity contribution is 0.198. The zero-order valence-corrected chi connectivity index (χ0v) is 13.4. The van der Waals surface area contributed by atoms with Gasteiger partial charge in [0, 0.05) is 30.7 Å². The lowest BCUT2D eigenvalue weighted by atomic mass is 9.99. The van der Waals surface area contributed by atoms with Crippen molar-refractivity contribution in [2.24, 2.45) is 0 Å². The van der Waals surface area contributed by atoms with E-state index in [2.05, 4.69) is 43.0 Å². The molecule has 0 radical (unpaired) electrons. The number of hydrogen-bond donors (Lipinski definition) is 1. The molecule has 2 nitrogen and oxygen atoms in total. The van der Waals surface area contributed by atoms with Gasteiger partial charge in [0.15, 0.2) is 0 Å². The van der Waals surface area contributed by atoms with Crippen LogP contribution in [-0.2, 0) is 0 Å². The van der Waals surface area contributed by atoms with E-state index in [0.29, 0.717) is 0 Å². The molecule has 0 aliphatic carbocycles. The van der Waals surface area contributed by atoms with Crippen LogP contribution < -0.4 is 5.32 Å². The van der Waals surface area contributed by atoms with Crippen molar-refractivity contribution < 1.29 is 4.39 Å². The Morgan fingerprint density at radius 3 is 2.70 bits per heavy atom. The van der Waals surface area contributed by atoms with Gasteiger partial charge in [0.1, 0.15) is 5.82 Å². The van der Waals surface area contributed by atoms with Crippen LogP contribution in [0.4, 0.5) is 4.39 Å². The van der Waals surface area contributed by atoms with Crippen LogP contribution in [0.2, 0.25) is 0 Å². The Labute approximate surface area is 130 Å². The van der Waals surface area contributed by atoms with Crippen LogP contribution in [0.1, 0.15) is 17.2 Å². The highest BCUT2D eigenvalue weighted by molar-refractivity contribution is 9.10. The summed E-state index contributed by atoms with van der Waals surface area (Å²) in [5.41, 5.74) is 2.41. The molecular formula is C15H16BrFN2S. The molecule has 1 fully saturated rings. The van der Waals surface area contributed by atoms with Gasteiger partial charge in [-0.15, -0.1) is 0 Å². The summed E-state index contributed by atoms with van der Waals surface area (Å²) in [6.45, 7) is 4.01. The largest absolute Gasteiger partial charge is 0.314 e. The number of thiophene rings is 1. The van der Waals surface area contributed by atoms with Crippen molar-refractivity contribution in [1.29, 1.82) is 0 Å². The van der Waals surface area contributed by atoms with Gasteiger partial charge >= 0.3 is 0 Å². The van der Waals surface area contributed by atoms with E-state index >= 15 is 0 Å². The van der Waals surface area contributed by atoms with E-state index in [4.69, 9.17) is 0 Å². The van der Waals surface area contributed by atoms with Gasteiger partial charge < -0.3 is 5.32 Å². The SMILES string of the molecule is Fc1ccc([C@@H](c2ccsc2)N2CCNCC2)c(Br)c1. The summed E-state index contributed by atoms with van der Waals surface area (Å²) in [5.74, 6) is -0.204. The molecule has 106 valence electrons. The van der Waals surface area contributed by atoms with Crippen LogP contribution in [0.15, 0.2) is 39.5 Å². The molecular weight excluding hydrogens is 339 g/mol. The fraction of sp³-hybridized carbons (Fsp3) is 0.333. The average Bonchev–Trinajstić information content (AvgIpc) is 2.97. The highest BCUT2D eigenvalue weighted by Gasteiger charge is 2.25. The molecule has 5 heteroatoms. The number of benzene rings is 1. The second-order valence-electron chi connectivity index (χ2n) is 4.91. The molecule has 1 aliphatic heterocycles. The number of nitrogens with zero attached hydrogens (tertiary/aromatic N) is 1. The molecule has 1 aromatic carbocycles. The van der Waals surface area contributed by atoms with E-state index in [1.165, 1.54) is 5.56 Å². The summed E-state index contributed by atoms with van der Waals surface area (Å²) in [4.78, 5) is 2.45. The Morgan fingerprint density at radius 1 is 1.25 bits per heavy atom. The molecule has 1 saturated heterocycles. The van der Waals surface area contributed by atoms with Crippen molar-refractivity contribution in [3.63, 3.8) is 0 Å². The number of piperazine rings is 1. The van der Waals surface area contributed by atoms with E-state index in [9.17, 15) is 4.39 Å². The highest BCUT2D eigenvalue weighted by Crippen LogP contribution is 2.35. The van der Waals surface area contributed by atoms with Crippen LogP contribution in [-0.4, -0.2) is 31.1 Å². The molecule has 0 amide bonds. The fourth-order valence-corrected chi connectivity index (χ4v) is 3.93. The second-order valence-corrected chi connectivity index (χ2v) is 6.55. The molecule has 1 aromatic heterocycles. The van der Waals surface area contributed by atoms with Crippen molar-refractivity contribution in [3.05, 3.63) is 56.4 Å². The van der Waals surface area contributed by atoms with Crippen LogP contribution in [0.5, 0.6) is 0 Å². The standard InChI is InChI=1S/C15H16BrFN2S/c16-14-9-12(17)1-2-13(14)15(11-3-8-20-10-11)19-6-4-18-5-7-19/h1-3,8-10,15,18H,4-7H2/t15-/m1/s1. The van der Waals surface area contributed by atoms with Gasteiger partial charge in [-0.2, -0.15) is 11.3 Å². The van der Waals surface area contributed by atoms with Gasteiger partial charge in [-0.1, -0.05) is 22.0 Å². The normalized spacial score (nSPS) is 18.1. The second kappa shape index (κ2) is 6.35. The van der Waals surface area contributed by atoms with Gasteiger partial charge in [0.05, 0.1) is 6.04 Å². The third-order valence-corrected chi connectivity index (χ3v) is 5.02. The molecule has 1 N–H and O–H groups in total. The fourth-order valence-electron chi connectivity index (χ4n) is 2.68. The quantitative estimate of drug-likeness (QED) is 0.904. The van der Waals surface area contributed by atoms with E-state index in [1.807, 2.05) is 6.07 Å². The first-order valence-electron chi connectivity index (χ1n) is 6.67. The summed E-state index contributed by atoms with van der Waals surface area (Å²) >= 11 is 5.22. The first-order chi connectivity index (χ1) is 9.75.